The number of aliphatic carboxylic acids is 1. The number of nitrogens with one attached hydrogen (secondary N) is 1. The molecule has 0 aromatic heterocycles. The zero-order chi connectivity index (χ0) is 15.9. The largest absolute Gasteiger partial charge is 0.484 e. The van der Waals surface area contributed by atoms with Gasteiger partial charge >= 0.3 is 5.97 Å². The van der Waals surface area contributed by atoms with Gasteiger partial charge in [0, 0.05) is 7.11 Å². The van der Waals surface area contributed by atoms with E-state index in [-0.39, 0.29) is 19.6 Å². The van der Waals surface area contributed by atoms with E-state index in [1.54, 1.807) is 19.1 Å². The summed E-state index contributed by atoms with van der Waals surface area (Å²) in [6, 6.07) is 7.31. The van der Waals surface area contributed by atoms with Crippen LogP contribution in [0, 0.1) is 6.92 Å². The quantitative estimate of drug-likeness (QED) is 0.756. The molecule has 6 heteroatoms. The average Bonchev–Trinajstić information content (AvgIpc) is 2.37. The lowest BCUT2D eigenvalue weighted by Gasteiger charge is -2.28. The van der Waals surface area contributed by atoms with Crippen LogP contribution in [0.25, 0.3) is 0 Å². The Bertz CT molecular complexity index is 485. The summed E-state index contributed by atoms with van der Waals surface area (Å²) in [5.74, 6) is -0.812. The van der Waals surface area contributed by atoms with Gasteiger partial charge in [-0.25, -0.2) is 0 Å². The van der Waals surface area contributed by atoms with Gasteiger partial charge in [-0.2, -0.15) is 0 Å². The molecular weight excluding hydrogens is 274 g/mol. The van der Waals surface area contributed by atoms with Crippen LogP contribution >= 0.6 is 0 Å². The maximum absolute atomic E-state index is 11.9. The molecule has 0 aliphatic carbocycles. The smallest absolute Gasteiger partial charge is 0.305 e. The number of aryl methyl sites for hydroxylation is 1. The second-order valence-electron chi connectivity index (χ2n) is 5.21. The van der Waals surface area contributed by atoms with Crippen LogP contribution in [0.5, 0.6) is 5.75 Å². The van der Waals surface area contributed by atoms with E-state index in [1.807, 2.05) is 19.1 Å². The summed E-state index contributed by atoms with van der Waals surface area (Å²) in [5.41, 5.74) is 0.134. The predicted octanol–water partition coefficient (Wildman–Crippen LogP) is 1.37. The Morgan fingerprint density at radius 3 is 2.43 bits per heavy atom. The molecule has 0 spiro atoms. The molecule has 0 aliphatic rings. The van der Waals surface area contributed by atoms with Gasteiger partial charge in [-0.3, -0.25) is 9.59 Å². The fourth-order valence-electron chi connectivity index (χ4n) is 1.94. The van der Waals surface area contributed by atoms with Gasteiger partial charge in [0.15, 0.2) is 6.61 Å². The fraction of sp³-hybridized carbons (Fsp3) is 0.467. The molecule has 0 fully saturated rings. The van der Waals surface area contributed by atoms with Crippen molar-refractivity contribution in [2.75, 3.05) is 20.3 Å². The highest BCUT2D eigenvalue weighted by Gasteiger charge is 2.29. The van der Waals surface area contributed by atoms with E-state index in [2.05, 4.69) is 5.32 Å². The summed E-state index contributed by atoms with van der Waals surface area (Å²) in [6.45, 7) is 3.50. The number of benzene rings is 1. The number of methoxy groups -OCH3 is 1. The zero-order valence-corrected chi connectivity index (χ0v) is 12.5. The van der Waals surface area contributed by atoms with Crippen molar-refractivity contribution in [1.82, 2.24) is 5.32 Å². The molecule has 0 aliphatic heterocycles. The fourth-order valence-corrected chi connectivity index (χ4v) is 1.94. The van der Waals surface area contributed by atoms with E-state index in [4.69, 9.17) is 14.6 Å². The first kappa shape index (κ1) is 17.0. The molecular formula is C15H21NO5. The number of amides is 1. The number of carboxylic acids is 1. The standard InChI is InChI=1S/C15H21NO5/c1-11-4-6-12(7-5-11)21-9-13(17)16-15(2,10-20-3)8-14(18)19/h4-7H,8-10H2,1-3H3,(H,16,17)(H,18,19). The molecule has 1 aromatic rings. The minimum absolute atomic E-state index is 0.107. The number of carbonyl (C=O) groups is 2. The van der Waals surface area contributed by atoms with Crippen molar-refractivity contribution in [3.63, 3.8) is 0 Å². The van der Waals surface area contributed by atoms with Crippen molar-refractivity contribution < 1.29 is 24.2 Å². The molecule has 1 atom stereocenters. The molecule has 6 nitrogen and oxygen atoms in total. The summed E-state index contributed by atoms with van der Waals surface area (Å²) in [7, 11) is 1.45. The summed E-state index contributed by atoms with van der Waals surface area (Å²) < 4.78 is 10.3. The molecule has 0 saturated carbocycles. The second-order valence-corrected chi connectivity index (χ2v) is 5.21. The average molecular weight is 295 g/mol. The Morgan fingerprint density at radius 1 is 1.29 bits per heavy atom. The van der Waals surface area contributed by atoms with E-state index < -0.39 is 17.4 Å². The number of hydrogen-bond acceptors (Lipinski definition) is 4. The first-order valence-corrected chi connectivity index (χ1v) is 6.56. The van der Waals surface area contributed by atoms with Crippen LogP contribution in [0.1, 0.15) is 18.9 Å². The zero-order valence-electron chi connectivity index (χ0n) is 12.5. The first-order valence-electron chi connectivity index (χ1n) is 6.56. The monoisotopic (exact) mass is 295 g/mol. The van der Waals surface area contributed by atoms with Gasteiger partial charge in [0.05, 0.1) is 18.6 Å². The second kappa shape index (κ2) is 7.64. The van der Waals surface area contributed by atoms with Gasteiger partial charge in [0.2, 0.25) is 0 Å². The summed E-state index contributed by atoms with van der Waals surface area (Å²) in [4.78, 5) is 22.7. The highest BCUT2D eigenvalue weighted by molar-refractivity contribution is 5.79. The van der Waals surface area contributed by atoms with Crippen LogP contribution in [0.15, 0.2) is 24.3 Å². The van der Waals surface area contributed by atoms with Gasteiger partial charge in [0.25, 0.3) is 5.91 Å². The normalized spacial score (nSPS) is 13.3. The van der Waals surface area contributed by atoms with Crippen LogP contribution in [-0.4, -0.2) is 42.8 Å². The molecule has 0 radical (unpaired) electrons. The van der Waals surface area contributed by atoms with E-state index in [9.17, 15) is 9.59 Å². The lowest BCUT2D eigenvalue weighted by Crippen LogP contribution is -2.52. The van der Waals surface area contributed by atoms with E-state index in [0.29, 0.717) is 5.75 Å². The maximum atomic E-state index is 11.9. The van der Waals surface area contributed by atoms with Gasteiger partial charge in [-0.15, -0.1) is 0 Å². The third-order valence-electron chi connectivity index (χ3n) is 2.84. The van der Waals surface area contributed by atoms with Crippen LogP contribution < -0.4 is 10.1 Å². The number of carboxylic acid groups (broad SMARTS) is 1. The first-order chi connectivity index (χ1) is 9.84. The topological polar surface area (TPSA) is 84.9 Å². The number of hydrogen-bond donors (Lipinski definition) is 2. The molecule has 0 heterocycles. The Hall–Kier alpha value is -2.08. The van der Waals surface area contributed by atoms with Crippen molar-refractivity contribution in [3.05, 3.63) is 29.8 Å². The minimum atomic E-state index is -1.01. The molecule has 116 valence electrons. The number of ether oxygens (including phenoxy) is 2. The van der Waals surface area contributed by atoms with Crippen LogP contribution in [0.4, 0.5) is 0 Å². The molecule has 0 saturated heterocycles. The molecule has 1 amide bonds. The molecule has 2 N–H and O–H groups in total. The Kier molecular flexibility index (Phi) is 6.17. The van der Waals surface area contributed by atoms with Crippen molar-refractivity contribution in [1.29, 1.82) is 0 Å². The molecule has 1 unspecified atom stereocenters. The highest BCUT2D eigenvalue weighted by atomic mass is 16.5. The van der Waals surface area contributed by atoms with Gasteiger partial charge in [0.1, 0.15) is 5.75 Å². The van der Waals surface area contributed by atoms with Crippen molar-refractivity contribution in [3.8, 4) is 5.75 Å². The molecule has 0 bridgehead atoms. The minimum Gasteiger partial charge on any atom is -0.484 e. The third kappa shape index (κ3) is 6.27. The van der Waals surface area contributed by atoms with Gasteiger partial charge < -0.3 is 19.9 Å². The number of rotatable bonds is 8. The van der Waals surface area contributed by atoms with Crippen molar-refractivity contribution >= 4 is 11.9 Å². The molecule has 1 aromatic carbocycles. The van der Waals surface area contributed by atoms with E-state index >= 15 is 0 Å². The Morgan fingerprint density at radius 2 is 1.90 bits per heavy atom. The number of carbonyl (C=O) groups excluding carboxylic acids is 1. The summed E-state index contributed by atoms with van der Waals surface area (Å²) >= 11 is 0. The lowest BCUT2D eigenvalue weighted by atomic mass is 9.99. The van der Waals surface area contributed by atoms with Crippen LogP contribution in [-0.2, 0) is 14.3 Å². The molecule has 21 heavy (non-hydrogen) atoms. The van der Waals surface area contributed by atoms with Crippen molar-refractivity contribution in [2.45, 2.75) is 25.8 Å². The van der Waals surface area contributed by atoms with Gasteiger partial charge in [-0.1, -0.05) is 17.7 Å². The van der Waals surface area contributed by atoms with Crippen molar-refractivity contribution in [2.24, 2.45) is 0 Å². The predicted molar refractivity (Wildman–Crippen MR) is 77.4 cm³/mol. The van der Waals surface area contributed by atoms with Gasteiger partial charge in [-0.05, 0) is 26.0 Å². The van der Waals surface area contributed by atoms with Crippen LogP contribution in [0.2, 0.25) is 0 Å². The van der Waals surface area contributed by atoms with Crippen LogP contribution in [0.3, 0.4) is 0 Å². The summed E-state index contributed by atoms with van der Waals surface area (Å²) in [5, 5.41) is 11.5. The highest BCUT2D eigenvalue weighted by Crippen LogP contribution is 2.12. The van der Waals surface area contributed by atoms with E-state index in [0.717, 1.165) is 5.56 Å². The maximum Gasteiger partial charge on any atom is 0.305 e. The lowest BCUT2D eigenvalue weighted by molar-refractivity contribution is -0.139. The SMILES string of the molecule is COCC(C)(CC(=O)O)NC(=O)COc1ccc(C)cc1. The Balaban J connectivity index is 2.53. The Labute approximate surface area is 124 Å². The van der Waals surface area contributed by atoms with E-state index in [1.165, 1.54) is 7.11 Å². The third-order valence-corrected chi connectivity index (χ3v) is 2.84. The molecule has 1 rings (SSSR count). The summed E-state index contributed by atoms with van der Waals surface area (Å²) in [6.07, 6.45) is -0.225.